The molecule has 0 radical (unpaired) electrons. The van der Waals surface area contributed by atoms with Crippen LogP contribution in [0.2, 0.25) is 0 Å². The first-order valence-electron chi connectivity index (χ1n) is 6.22. The van der Waals surface area contributed by atoms with Crippen LogP contribution in [0, 0.1) is 0 Å². The molecule has 4 N–H and O–H groups in total. The molecule has 0 atom stereocenters. The number of nitrogens with two attached hydrogens (primary N) is 1. The molecule has 0 saturated heterocycles. The van der Waals surface area contributed by atoms with Gasteiger partial charge in [-0.25, -0.2) is 9.78 Å². The van der Waals surface area contributed by atoms with Gasteiger partial charge >= 0.3 is 6.03 Å². The second-order valence-electron chi connectivity index (χ2n) is 4.12. The number of benzene rings is 1. The Morgan fingerprint density at radius 2 is 2.14 bits per heavy atom. The molecule has 110 valence electrons. The summed E-state index contributed by atoms with van der Waals surface area (Å²) in [5, 5.41) is 12.3. The molecule has 0 aliphatic carbocycles. The fraction of sp³-hybridized carbons (Fsp3) is 0.231. The predicted molar refractivity (Wildman–Crippen MR) is 76.1 cm³/mol. The average Bonchev–Trinajstić information content (AvgIpc) is 2.45. The van der Waals surface area contributed by atoms with E-state index in [2.05, 4.69) is 20.3 Å². The zero-order valence-electron chi connectivity index (χ0n) is 11.6. The number of methoxy groups -OCH3 is 1. The lowest BCUT2D eigenvalue weighted by atomic mass is 10.2. The van der Waals surface area contributed by atoms with Crippen molar-refractivity contribution < 1.29 is 14.6 Å². The number of nitrogens with zero attached hydrogens (tertiary/aromatic N) is 3. The third kappa shape index (κ3) is 3.35. The number of aromatic hydroxyl groups is 1. The van der Waals surface area contributed by atoms with Crippen molar-refractivity contribution >= 4 is 12.0 Å². The number of rotatable bonds is 4. The molecule has 2 amide bonds. The Morgan fingerprint density at radius 1 is 1.38 bits per heavy atom. The minimum absolute atomic E-state index is 0.0346. The molecular formula is C13H15N5O3. The molecular weight excluding hydrogens is 274 g/mol. The zero-order chi connectivity index (χ0) is 15.4. The normalized spacial score (nSPS) is 10.2. The molecule has 1 heterocycles. The minimum atomic E-state index is -0.770. The van der Waals surface area contributed by atoms with Gasteiger partial charge in [-0.3, -0.25) is 5.32 Å². The number of carbonyl (C=O) groups excluding carboxylic acids is 1. The largest absolute Gasteiger partial charge is 0.507 e. The van der Waals surface area contributed by atoms with Crippen molar-refractivity contribution in [2.24, 2.45) is 5.73 Å². The van der Waals surface area contributed by atoms with Gasteiger partial charge in [0.1, 0.15) is 17.3 Å². The van der Waals surface area contributed by atoms with Crippen molar-refractivity contribution in [1.29, 1.82) is 0 Å². The minimum Gasteiger partial charge on any atom is -0.507 e. The number of carbonyl (C=O) groups is 1. The number of aromatic nitrogens is 3. The maximum absolute atomic E-state index is 10.9. The summed E-state index contributed by atoms with van der Waals surface area (Å²) in [5.41, 5.74) is 5.46. The van der Waals surface area contributed by atoms with Crippen LogP contribution in [-0.2, 0) is 6.42 Å². The predicted octanol–water partition coefficient (Wildman–Crippen LogP) is 1.31. The number of urea groups is 1. The highest BCUT2D eigenvalue weighted by molar-refractivity contribution is 5.86. The Balaban J connectivity index is 2.49. The van der Waals surface area contributed by atoms with E-state index in [-0.39, 0.29) is 17.5 Å². The Labute approximate surface area is 121 Å². The fourth-order valence-electron chi connectivity index (χ4n) is 1.69. The fourth-order valence-corrected chi connectivity index (χ4v) is 1.69. The van der Waals surface area contributed by atoms with Gasteiger partial charge in [0, 0.05) is 12.5 Å². The Hall–Kier alpha value is -2.90. The highest BCUT2D eigenvalue weighted by atomic mass is 16.5. The van der Waals surface area contributed by atoms with E-state index >= 15 is 0 Å². The highest BCUT2D eigenvalue weighted by Gasteiger charge is 2.13. The van der Waals surface area contributed by atoms with Crippen LogP contribution in [0.15, 0.2) is 18.2 Å². The first-order valence-corrected chi connectivity index (χ1v) is 6.22. The summed E-state index contributed by atoms with van der Waals surface area (Å²) >= 11 is 0. The van der Waals surface area contributed by atoms with Crippen LogP contribution in [-0.4, -0.2) is 33.2 Å². The Morgan fingerprint density at radius 3 is 2.71 bits per heavy atom. The molecule has 0 saturated carbocycles. The van der Waals surface area contributed by atoms with Crippen molar-refractivity contribution in [3.8, 4) is 22.9 Å². The van der Waals surface area contributed by atoms with Gasteiger partial charge in [0.05, 0.1) is 12.7 Å². The Kier molecular flexibility index (Phi) is 4.17. The number of aryl methyl sites for hydroxylation is 1. The van der Waals surface area contributed by atoms with Gasteiger partial charge in [-0.2, -0.15) is 9.97 Å². The second kappa shape index (κ2) is 6.04. The van der Waals surface area contributed by atoms with Crippen LogP contribution in [0.1, 0.15) is 12.7 Å². The molecule has 0 spiro atoms. The number of phenolic OH excluding ortho intramolecular Hbond substituents is 1. The van der Waals surface area contributed by atoms with E-state index in [1.807, 2.05) is 6.92 Å². The SMILES string of the molecule is CCc1nc(NC(N)=O)nc(-c2ccc(OC)cc2O)n1. The van der Waals surface area contributed by atoms with Crippen LogP contribution in [0.4, 0.5) is 10.7 Å². The van der Waals surface area contributed by atoms with Crippen LogP contribution in [0.25, 0.3) is 11.4 Å². The smallest absolute Gasteiger partial charge is 0.319 e. The summed E-state index contributed by atoms with van der Waals surface area (Å²) in [5.74, 6) is 1.23. The van der Waals surface area contributed by atoms with E-state index in [0.29, 0.717) is 23.6 Å². The summed E-state index contributed by atoms with van der Waals surface area (Å²) in [6.45, 7) is 1.86. The second-order valence-corrected chi connectivity index (χ2v) is 4.12. The number of hydrogen-bond acceptors (Lipinski definition) is 6. The van der Waals surface area contributed by atoms with Gasteiger partial charge in [0.25, 0.3) is 0 Å². The maximum atomic E-state index is 10.9. The molecule has 0 aliphatic heterocycles. The van der Waals surface area contributed by atoms with E-state index in [0.717, 1.165) is 0 Å². The van der Waals surface area contributed by atoms with Crippen molar-refractivity contribution in [3.63, 3.8) is 0 Å². The molecule has 8 nitrogen and oxygen atoms in total. The zero-order valence-corrected chi connectivity index (χ0v) is 11.6. The van der Waals surface area contributed by atoms with Crippen molar-refractivity contribution in [1.82, 2.24) is 15.0 Å². The molecule has 2 rings (SSSR count). The molecule has 0 unspecified atom stereocenters. The molecule has 1 aromatic carbocycles. The van der Waals surface area contributed by atoms with Gasteiger partial charge in [-0.1, -0.05) is 6.92 Å². The van der Waals surface area contributed by atoms with Gasteiger partial charge in [0.2, 0.25) is 5.95 Å². The van der Waals surface area contributed by atoms with E-state index in [1.54, 1.807) is 12.1 Å². The van der Waals surface area contributed by atoms with Crippen molar-refractivity contribution in [3.05, 3.63) is 24.0 Å². The quantitative estimate of drug-likeness (QED) is 0.779. The molecule has 0 aliphatic rings. The molecule has 0 fully saturated rings. The summed E-state index contributed by atoms with van der Waals surface area (Å²) in [6, 6.07) is 3.97. The van der Waals surface area contributed by atoms with E-state index < -0.39 is 6.03 Å². The van der Waals surface area contributed by atoms with E-state index in [9.17, 15) is 9.90 Å². The third-order valence-electron chi connectivity index (χ3n) is 2.68. The average molecular weight is 289 g/mol. The number of nitrogens with one attached hydrogen (secondary N) is 1. The van der Waals surface area contributed by atoms with Crippen molar-refractivity contribution in [2.75, 3.05) is 12.4 Å². The van der Waals surface area contributed by atoms with Gasteiger partial charge in [0.15, 0.2) is 5.82 Å². The summed E-state index contributed by atoms with van der Waals surface area (Å²) in [7, 11) is 1.50. The lowest BCUT2D eigenvalue weighted by molar-refractivity contribution is 0.259. The molecule has 8 heteroatoms. The molecule has 21 heavy (non-hydrogen) atoms. The van der Waals surface area contributed by atoms with Crippen LogP contribution in [0.3, 0.4) is 0 Å². The summed E-state index contributed by atoms with van der Waals surface area (Å²) < 4.78 is 5.02. The first kappa shape index (κ1) is 14.5. The van der Waals surface area contributed by atoms with E-state index in [4.69, 9.17) is 10.5 Å². The third-order valence-corrected chi connectivity index (χ3v) is 2.68. The van der Waals surface area contributed by atoms with Crippen LogP contribution >= 0.6 is 0 Å². The van der Waals surface area contributed by atoms with Gasteiger partial charge < -0.3 is 15.6 Å². The standard InChI is InChI=1S/C13H15N5O3/c1-3-10-15-11(17-13(16-10)18-12(14)20)8-5-4-7(21-2)6-9(8)19/h4-6,19H,3H2,1-2H3,(H3,14,15,16,17,18,20). The number of ether oxygens (including phenoxy) is 1. The number of phenols is 1. The molecule has 2 aromatic rings. The highest BCUT2D eigenvalue weighted by Crippen LogP contribution is 2.30. The van der Waals surface area contributed by atoms with Gasteiger partial charge in [-0.05, 0) is 12.1 Å². The monoisotopic (exact) mass is 289 g/mol. The number of amides is 2. The first-order chi connectivity index (χ1) is 10.0. The maximum Gasteiger partial charge on any atom is 0.319 e. The van der Waals surface area contributed by atoms with Gasteiger partial charge in [-0.15, -0.1) is 0 Å². The van der Waals surface area contributed by atoms with Crippen LogP contribution < -0.4 is 15.8 Å². The summed E-state index contributed by atoms with van der Waals surface area (Å²) in [4.78, 5) is 23.3. The topological polar surface area (TPSA) is 123 Å². The summed E-state index contributed by atoms with van der Waals surface area (Å²) in [6.07, 6.45) is 0.542. The lowest BCUT2D eigenvalue weighted by Crippen LogP contribution is -2.21. The molecule has 0 bridgehead atoms. The van der Waals surface area contributed by atoms with E-state index in [1.165, 1.54) is 13.2 Å². The molecule has 1 aromatic heterocycles. The van der Waals surface area contributed by atoms with Crippen LogP contribution in [0.5, 0.6) is 11.5 Å². The van der Waals surface area contributed by atoms with Crippen molar-refractivity contribution in [2.45, 2.75) is 13.3 Å². The Bertz CT molecular complexity index is 675. The number of primary amides is 1. The lowest BCUT2D eigenvalue weighted by Gasteiger charge is -2.08. The number of anilines is 1. The number of hydrogen-bond donors (Lipinski definition) is 3.